The van der Waals surface area contributed by atoms with Crippen molar-refractivity contribution >= 4 is 40.2 Å². The maximum absolute atomic E-state index is 10.5. The van der Waals surface area contributed by atoms with E-state index in [1.807, 2.05) is 24.3 Å². The van der Waals surface area contributed by atoms with Gasteiger partial charge in [0.15, 0.2) is 0 Å². The highest BCUT2D eigenvalue weighted by atomic mass is 127. The highest BCUT2D eigenvalue weighted by Gasteiger charge is 2.02. The van der Waals surface area contributed by atoms with Gasteiger partial charge in [-0.3, -0.25) is 15.5 Å². The third kappa shape index (κ3) is 4.02. The van der Waals surface area contributed by atoms with Crippen LogP contribution in [0.5, 0.6) is 0 Å². The van der Waals surface area contributed by atoms with E-state index in [9.17, 15) is 10.1 Å². The Morgan fingerprint density at radius 3 is 2.32 bits per heavy atom. The van der Waals surface area contributed by atoms with E-state index in [0.29, 0.717) is 5.69 Å². The first-order chi connectivity index (χ1) is 9.15. The molecule has 19 heavy (non-hydrogen) atoms. The zero-order valence-electron chi connectivity index (χ0n) is 9.79. The van der Waals surface area contributed by atoms with Gasteiger partial charge in [-0.25, -0.2) is 0 Å². The summed E-state index contributed by atoms with van der Waals surface area (Å²) in [5, 5.41) is 14.6. The van der Waals surface area contributed by atoms with Crippen LogP contribution in [0.4, 0.5) is 11.4 Å². The maximum atomic E-state index is 10.5. The van der Waals surface area contributed by atoms with Crippen LogP contribution in [-0.2, 0) is 0 Å². The molecule has 0 aliphatic carbocycles. The lowest BCUT2D eigenvalue weighted by Crippen LogP contribution is -1.92. The standard InChI is InChI=1S/C13H10IN3O2/c14-11-3-1-10(2-4-11)9-15-16-12-5-7-13(8-6-12)17(18)19/h1-9,16H/b15-9+. The number of non-ortho nitro benzene ring substituents is 1. The smallest absolute Gasteiger partial charge is 0.269 e. The summed E-state index contributed by atoms with van der Waals surface area (Å²) in [5.41, 5.74) is 4.56. The molecule has 0 spiro atoms. The highest BCUT2D eigenvalue weighted by molar-refractivity contribution is 14.1. The van der Waals surface area contributed by atoms with Crippen molar-refractivity contribution in [2.75, 3.05) is 5.43 Å². The molecule has 0 fully saturated rings. The number of halogens is 1. The van der Waals surface area contributed by atoms with Gasteiger partial charge in [0.25, 0.3) is 5.69 Å². The van der Waals surface area contributed by atoms with E-state index >= 15 is 0 Å². The van der Waals surface area contributed by atoms with Gasteiger partial charge >= 0.3 is 0 Å². The largest absolute Gasteiger partial charge is 0.278 e. The summed E-state index contributed by atoms with van der Waals surface area (Å²) in [7, 11) is 0. The van der Waals surface area contributed by atoms with Crippen molar-refractivity contribution in [2.45, 2.75) is 0 Å². The van der Waals surface area contributed by atoms with E-state index in [1.54, 1.807) is 18.3 Å². The minimum atomic E-state index is -0.432. The third-order valence-corrected chi connectivity index (χ3v) is 3.07. The summed E-state index contributed by atoms with van der Waals surface area (Å²) in [4.78, 5) is 10.1. The Morgan fingerprint density at radius 1 is 1.11 bits per heavy atom. The first kappa shape index (κ1) is 13.5. The fourth-order valence-corrected chi connectivity index (χ4v) is 1.75. The lowest BCUT2D eigenvalue weighted by atomic mass is 10.2. The number of hydrazone groups is 1. The molecule has 0 bridgehead atoms. The molecule has 0 atom stereocenters. The second-order valence-corrected chi connectivity index (χ2v) is 4.97. The van der Waals surface area contributed by atoms with Crippen LogP contribution in [0.15, 0.2) is 53.6 Å². The normalized spacial score (nSPS) is 10.6. The van der Waals surface area contributed by atoms with Gasteiger partial charge in [-0.15, -0.1) is 0 Å². The van der Waals surface area contributed by atoms with Crippen LogP contribution in [0.25, 0.3) is 0 Å². The molecule has 0 saturated carbocycles. The molecule has 96 valence electrons. The summed E-state index contributed by atoms with van der Waals surface area (Å²) in [5.74, 6) is 0. The maximum Gasteiger partial charge on any atom is 0.269 e. The topological polar surface area (TPSA) is 67.5 Å². The number of nitro groups is 1. The number of nitrogens with one attached hydrogen (secondary N) is 1. The molecule has 2 rings (SSSR count). The van der Waals surface area contributed by atoms with Crippen molar-refractivity contribution in [2.24, 2.45) is 5.10 Å². The van der Waals surface area contributed by atoms with Crippen LogP contribution in [0.1, 0.15) is 5.56 Å². The molecule has 0 aliphatic rings. The number of benzene rings is 2. The predicted octanol–water partition coefficient (Wildman–Crippen LogP) is 3.65. The monoisotopic (exact) mass is 367 g/mol. The molecule has 1 N–H and O–H groups in total. The molecule has 0 radical (unpaired) electrons. The van der Waals surface area contributed by atoms with Crippen LogP contribution >= 0.6 is 22.6 Å². The molecule has 0 heterocycles. The Labute approximate surface area is 123 Å². The summed E-state index contributed by atoms with van der Waals surface area (Å²) in [6.07, 6.45) is 1.69. The van der Waals surface area contributed by atoms with E-state index in [4.69, 9.17) is 0 Å². The minimum absolute atomic E-state index is 0.0622. The Kier molecular flexibility index (Phi) is 4.45. The fourth-order valence-electron chi connectivity index (χ4n) is 1.39. The van der Waals surface area contributed by atoms with E-state index in [2.05, 4.69) is 33.1 Å². The first-order valence-electron chi connectivity index (χ1n) is 5.44. The van der Waals surface area contributed by atoms with Crippen molar-refractivity contribution in [3.63, 3.8) is 0 Å². The Bertz CT molecular complexity index is 594. The van der Waals surface area contributed by atoms with E-state index in [0.717, 1.165) is 9.13 Å². The second-order valence-electron chi connectivity index (χ2n) is 3.73. The number of nitro benzene ring substituents is 1. The van der Waals surface area contributed by atoms with Gasteiger partial charge < -0.3 is 0 Å². The zero-order chi connectivity index (χ0) is 13.7. The lowest BCUT2D eigenvalue weighted by Gasteiger charge is -1.99. The van der Waals surface area contributed by atoms with Crippen LogP contribution in [0, 0.1) is 13.7 Å². The molecular formula is C13H10IN3O2. The number of anilines is 1. The number of hydrogen-bond donors (Lipinski definition) is 1. The quantitative estimate of drug-likeness (QED) is 0.388. The SMILES string of the molecule is O=[N+]([O-])c1ccc(N/N=C/c2ccc(I)cc2)cc1. The molecule has 0 amide bonds. The van der Waals surface area contributed by atoms with E-state index in [1.165, 1.54) is 12.1 Å². The van der Waals surface area contributed by atoms with Crippen LogP contribution in [0.3, 0.4) is 0 Å². The second kappa shape index (κ2) is 6.28. The molecular weight excluding hydrogens is 357 g/mol. The van der Waals surface area contributed by atoms with Gasteiger partial charge in [0, 0.05) is 15.7 Å². The first-order valence-corrected chi connectivity index (χ1v) is 6.52. The van der Waals surface area contributed by atoms with Gasteiger partial charge in [0.05, 0.1) is 16.8 Å². The number of rotatable bonds is 4. The molecule has 2 aromatic carbocycles. The number of hydrogen-bond acceptors (Lipinski definition) is 4. The summed E-state index contributed by atoms with van der Waals surface area (Å²) < 4.78 is 1.16. The molecule has 0 aliphatic heterocycles. The van der Waals surface area contributed by atoms with Gasteiger partial charge in [-0.1, -0.05) is 12.1 Å². The van der Waals surface area contributed by atoms with E-state index < -0.39 is 4.92 Å². The van der Waals surface area contributed by atoms with Crippen molar-refractivity contribution in [1.29, 1.82) is 0 Å². The van der Waals surface area contributed by atoms with Gasteiger partial charge in [-0.05, 0) is 52.4 Å². The molecule has 0 saturated heterocycles. The van der Waals surface area contributed by atoms with Crippen LogP contribution in [0.2, 0.25) is 0 Å². The fraction of sp³-hybridized carbons (Fsp3) is 0. The Hall–Kier alpha value is -1.96. The molecule has 5 nitrogen and oxygen atoms in total. The zero-order valence-corrected chi connectivity index (χ0v) is 11.9. The van der Waals surface area contributed by atoms with Gasteiger partial charge in [-0.2, -0.15) is 5.10 Å². The number of nitrogens with zero attached hydrogens (tertiary/aromatic N) is 2. The molecule has 6 heteroatoms. The van der Waals surface area contributed by atoms with Gasteiger partial charge in [0.2, 0.25) is 0 Å². The lowest BCUT2D eigenvalue weighted by molar-refractivity contribution is -0.384. The predicted molar refractivity (Wildman–Crippen MR) is 83.5 cm³/mol. The highest BCUT2D eigenvalue weighted by Crippen LogP contribution is 2.15. The summed E-state index contributed by atoms with van der Waals surface area (Å²) >= 11 is 2.24. The van der Waals surface area contributed by atoms with Crippen molar-refractivity contribution < 1.29 is 4.92 Å². The van der Waals surface area contributed by atoms with Crippen molar-refractivity contribution in [1.82, 2.24) is 0 Å². The average Bonchev–Trinajstić information content (AvgIpc) is 2.41. The average molecular weight is 367 g/mol. The van der Waals surface area contributed by atoms with Gasteiger partial charge in [0.1, 0.15) is 0 Å². The molecule has 0 unspecified atom stereocenters. The Morgan fingerprint density at radius 2 is 1.74 bits per heavy atom. The van der Waals surface area contributed by atoms with Crippen LogP contribution in [-0.4, -0.2) is 11.1 Å². The van der Waals surface area contributed by atoms with Crippen molar-refractivity contribution in [3.8, 4) is 0 Å². The summed E-state index contributed by atoms with van der Waals surface area (Å²) in [6, 6.07) is 14.0. The van der Waals surface area contributed by atoms with E-state index in [-0.39, 0.29) is 5.69 Å². The van der Waals surface area contributed by atoms with Crippen molar-refractivity contribution in [3.05, 3.63) is 67.8 Å². The minimum Gasteiger partial charge on any atom is -0.278 e. The molecule has 0 aromatic heterocycles. The van der Waals surface area contributed by atoms with Crippen LogP contribution < -0.4 is 5.43 Å². The third-order valence-electron chi connectivity index (χ3n) is 2.36. The Balaban J connectivity index is 1.98. The molecule has 2 aromatic rings. The summed E-state index contributed by atoms with van der Waals surface area (Å²) in [6.45, 7) is 0.